The summed E-state index contributed by atoms with van der Waals surface area (Å²) in [6.45, 7) is 3.96. The highest BCUT2D eigenvalue weighted by atomic mass is 16.4. The van der Waals surface area contributed by atoms with Crippen molar-refractivity contribution in [3.63, 3.8) is 0 Å². The maximum atomic E-state index is 9.55. The van der Waals surface area contributed by atoms with E-state index >= 15 is 0 Å². The third-order valence-corrected chi connectivity index (χ3v) is 3.12. The van der Waals surface area contributed by atoms with Gasteiger partial charge in [0.05, 0.1) is 6.20 Å². The summed E-state index contributed by atoms with van der Waals surface area (Å²) in [7, 11) is 0. The van der Waals surface area contributed by atoms with E-state index in [1.54, 1.807) is 6.20 Å². The Morgan fingerprint density at radius 3 is 2.36 bits per heavy atom. The molecule has 10 nitrogen and oxygen atoms in total. The fraction of sp³-hybridized carbons (Fsp3) is 0.267. The van der Waals surface area contributed by atoms with Crippen LogP contribution in [0.5, 0.6) is 0 Å². The van der Waals surface area contributed by atoms with Gasteiger partial charge in [0.2, 0.25) is 0 Å². The number of pyridine rings is 1. The van der Waals surface area contributed by atoms with Gasteiger partial charge < -0.3 is 25.9 Å². The van der Waals surface area contributed by atoms with Gasteiger partial charge in [-0.25, -0.2) is 24.5 Å². The molecule has 0 unspecified atom stereocenters. The van der Waals surface area contributed by atoms with E-state index in [9.17, 15) is 9.59 Å². The Morgan fingerprint density at radius 2 is 1.76 bits per heavy atom. The Morgan fingerprint density at radius 1 is 1.12 bits per heavy atom. The molecule has 5 N–H and O–H groups in total. The van der Waals surface area contributed by atoms with Crippen molar-refractivity contribution in [1.29, 1.82) is 0 Å². The number of fused-ring (bicyclic) bond motifs is 1. The Bertz CT molecular complexity index is 730. The van der Waals surface area contributed by atoms with Crippen LogP contribution in [0.2, 0.25) is 0 Å². The molecule has 0 spiro atoms. The molecule has 25 heavy (non-hydrogen) atoms. The number of anilines is 1. The highest BCUT2D eigenvalue weighted by Crippen LogP contribution is 2.13. The molecular weight excluding hydrogens is 330 g/mol. The highest BCUT2D eigenvalue weighted by molar-refractivity contribution is 5.89. The molecule has 1 saturated heterocycles. The summed E-state index contributed by atoms with van der Waals surface area (Å²) in [4.78, 5) is 34.5. The average molecular weight is 349 g/mol. The Balaban J connectivity index is 0.000000301. The molecule has 2 aromatic rings. The lowest BCUT2D eigenvalue weighted by Crippen LogP contribution is -2.43. The summed E-state index contributed by atoms with van der Waals surface area (Å²) in [5.74, 6) is -1.59. The fourth-order valence-corrected chi connectivity index (χ4v) is 2.03. The maximum absolute atomic E-state index is 9.55. The number of rotatable bonds is 3. The molecule has 2 aromatic heterocycles. The summed E-state index contributed by atoms with van der Waals surface area (Å²) in [5.41, 5.74) is 1.57. The van der Waals surface area contributed by atoms with E-state index in [1.807, 2.05) is 18.3 Å². The molecule has 10 heteroatoms. The van der Waals surface area contributed by atoms with Crippen molar-refractivity contribution in [3.05, 3.63) is 36.7 Å². The van der Waals surface area contributed by atoms with Crippen LogP contribution in [-0.4, -0.2) is 68.8 Å². The quantitative estimate of drug-likeness (QED) is 0.610. The van der Waals surface area contributed by atoms with Gasteiger partial charge in [-0.1, -0.05) is 0 Å². The Labute approximate surface area is 143 Å². The molecule has 0 amide bonds. The van der Waals surface area contributed by atoms with Crippen LogP contribution in [0.15, 0.2) is 36.7 Å². The molecule has 1 aliphatic heterocycles. The van der Waals surface area contributed by atoms with Crippen LogP contribution >= 0.6 is 0 Å². The van der Waals surface area contributed by atoms with Crippen LogP contribution in [0.4, 0.5) is 5.82 Å². The molecule has 1 fully saturated rings. The fourth-order valence-electron chi connectivity index (χ4n) is 2.03. The lowest BCUT2D eigenvalue weighted by molar-refractivity contribution is -0.134. The molecule has 0 aromatic carbocycles. The second kappa shape index (κ2) is 9.90. The summed E-state index contributed by atoms with van der Waals surface area (Å²) in [5, 5.41) is 18.9. The first-order valence-corrected chi connectivity index (χ1v) is 7.23. The Kier molecular flexibility index (Phi) is 7.90. The van der Waals surface area contributed by atoms with Crippen LogP contribution in [0.1, 0.15) is 0 Å². The van der Waals surface area contributed by atoms with E-state index in [-0.39, 0.29) is 5.48 Å². The monoisotopic (exact) mass is 349 g/mol. The summed E-state index contributed by atoms with van der Waals surface area (Å²) >= 11 is 0. The van der Waals surface area contributed by atoms with Crippen molar-refractivity contribution in [2.24, 2.45) is 0 Å². The maximum Gasteiger partial charge on any atom is 0.328 e. The van der Waals surface area contributed by atoms with E-state index in [0.717, 1.165) is 43.2 Å². The highest BCUT2D eigenvalue weighted by Gasteiger charge is 2.12. The van der Waals surface area contributed by atoms with Crippen LogP contribution in [0.25, 0.3) is 11.2 Å². The van der Waals surface area contributed by atoms with Gasteiger partial charge in [-0.2, -0.15) is 0 Å². The molecule has 3 rings (SSSR count). The third-order valence-electron chi connectivity index (χ3n) is 3.12. The molecule has 1 aliphatic rings. The van der Waals surface area contributed by atoms with Crippen molar-refractivity contribution in [1.82, 2.24) is 20.3 Å². The molecule has 0 bridgehead atoms. The van der Waals surface area contributed by atoms with E-state index in [0.29, 0.717) is 12.2 Å². The predicted octanol–water partition coefficient (Wildman–Crippen LogP) is -0.679. The zero-order valence-electron chi connectivity index (χ0n) is 13.3. The number of nitrogens with zero attached hydrogens (tertiary/aromatic N) is 4. The van der Waals surface area contributed by atoms with Crippen LogP contribution < -0.4 is 10.2 Å². The minimum absolute atomic E-state index is 0. The van der Waals surface area contributed by atoms with Crippen LogP contribution in [-0.2, 0) is 9.59 Å². The van der Waals surface area contributed by atoms with Gasteiger partial charge in [0.1, 0.15) is 11.3 Å². The van der Waals surface area contributed by atoms with Gasteiger partial charge in [-0.05, 0) is 12.1 Å². The molecule has 0 saturated carbocycles. The van der Waals surface area contributed by atoms with Crippen molar-refractivity contribution in [2.45, 2.75) is 0 Å². The molecule has 134 valence electrons. The van der Waals surface area contributed by atoms with E-state index < -0.39 is 11.9 Å². The zero-order chi connectivity index (χ0) is 17.4. The topological polar surface area (TPSA) is 160 Å². The van der Waals surface area contributed by atoms with Crippen molar-refractivity contribution in [3.8, 4) is 0 Å². The number of piperazine rings is 1. The smallest absolute Gasteiger partial charge is 0.328 e. The van der Waals surface area contributed by atoms with Crippen LogP contribution in [0.3, 0.4) is 0 Å². The number of nitrogens with one attached hydrogen (secondary N) is 1. The van der Waals surface area contributed by atoms with Crippen LogP contribution in [0, 0.1) is 0 Å². The van der Waals surface area contributed by atoms with E-state index in [1.165, 1.54) is 0 Å². The van der Waals surface area contributed by atoms with Gasteiger partial charge in [-0.3, -0.25) is 0 Å². The average Bonchev–Trinajstić information content (AvgIpc) is 2.61. The van der Waals surface area contributed by atoms with Crippen molar-refractivity contribution in [2.75, 3.05) is 31.1 Å². The number of carboxylic acid groups (broad SMARTS) is 2. The number of aliphatic carboxylic acids is 2. The first-order valence-electron chi connectivity index (χ1n) is 7.23. The largest absolute Gasteiger partial charge is 0.478 e. The van der Waals surface area contributed by atoms with Crippen molar-refractivity contribution >= 4 is 28.9 Å². The predicted molar refractivity (Wildman–Crippen MR) is 90.4 cm³/mol. The number of carbonyl (C=O) groups is 2. The van der Waals surface area contributed by atoms with Crippen molar-refractivity contribution < 1.29 is 25.3 Å². The summed E-state index contributed by atoms with van der Waals surface area (Å²) in [6, 6.07) is 3.80. The molecule has 3 heterocycles. The summed E-state index contributed by atoms with van der Waals surface area (Å²) in [6.07, 6.45) is 4.69. The van der Waals surface area contributed by atoms with Gasteiger partial charge >= 0.3 is 11.9 Å². The third kappa shape index (κ3) is 6.49. The number of aromatic nitrogens is 3. The molecule has 0 atom stereocenters. The molecule has 0 radical (unpaired) electrons. The lowest BCUT2D eigenvalue weighted by Gasteiger charge is -2.27. The second-order valence-corrected chi connectivity index (χ2v) is 4.82. The lowest BCUT2D eigenvalue weighted by atomic mass is 10.3. The van der Waals surface area contributed by atoms with E-state index in [4.69, 9.17) is 10.2 Å². The first-order chi connectivity index (χ1) is 11.6. The number of carboxylic acids is 2. The van der Waals surface area contributed by atoms with Gasteiger partial charge in [0, 0.05) is 44.5 Å². The summed E-state index contributed by atoms with van der Waals surface area (Å²) < 4.78 is 0. The van der Waals surface area contributed by atoms with Gasteiger partial charge in [-0.15, -0.1) is 0 Å². The SMILES string of the molecule is O.O=C(O)/C=C/C(=O)O.c1cnc2nc(N3CCNCC3)cnc2c1. The molecule has 0 aliphatic carbocycles. The Hall–Kier alpha value is -3.11. The second-order valence-electron chi connectivity index (χ2n) is 4.82. The zero-order valence-corrected chi connectivity index (χ0v) is 13.3. The number of hydrogen-bond acceptors (Lipinski definition) is 7. The minimum Gasteiger partial charge on any atom is -0.478 e. The minimum atomic E-state index is -1.26. The molecular formula is C15H19N5O5. The number of hydrogen-bond donors (Lipinski definition) is 3. The van der Waals surface area contributed by atoms with Gasteiger partial charge in [0.15, 0.2) is 5.65 Å². The standard InChI is InChI=1S/C11H13N5.C4H4O4.H2O/c1-2-9-11(13-3-1)15-10(8-14-9)16-6-4-12-5-7-16;5-3(6)1-2-4(7)8;/h1-3,8,12H,4-7H2;1-2H,(H,5,6)(H,7,8);1H2/b;2-1+;. The van der Waals surface area contributed by atoms with Gasteiger partial charge in [0.25, 0.3) is 0 Å². The first kappa shape index (κ1) is 19.9. The normalized spacial score (nSPS) is 13.7. The van der Waals surface area contributed by atoms with E-state index in [2.05, 4.69) is 25.2 Å².